The highest BCUT2D eigenvalue weighted by Gasteiger charge is 2.24. The van der Waals surface area contributed by atoms with E-state index in [1.165, 1.54) is 18.1 Å². The Balaban J connectivity index is 1.64. The first-order valence-corrected chi connectivity index (χ1v) is 11.3. The van der Waals surface area contributed by atoms with Crippen molar-refractivity contribution in [2.24, 2.45) is 5.14 Å². The van der Waals surface area contributed by atoms with Gasteiger partial charge in [-0.2, -0.15) is 0 Å². The Morgan fingerprint density at radius 3 is 2.57 bits per heavy atom. The predicted molar refractivity (Wildman–Crippen MR) is 114 cm³/mol. The van der Waals surface area contributed by atoms with Crippen molar-refractivity contribution >= 4 is 10.0 Å². The van der Waals surface area contributed by atoms with Gasteiger partial charge in [0.2, 0.25) is 10.0 Å². The van der Waals surface area contributed by atoms with Crippen molar-refractivity contribution in [2.45, 2.75) is 23.9 Å². The highest BCUT2D eigenvalue weighted by molar-refractivity contribution is 7.89. The lowest BCUT2D eigenvalue weighted by Crippen LogP contribution is -2.31. The number of tetrazole rings is 1. The number of sulfonamides is 1. The number of nitrogens with two attached hydrogens (primary N) is 1. The third-order valence-electron chi connectivity index (χ3n) is 5.56. The van der Waals surface area contributed by atoms with Crippen LogP contribution in [0.25, 0.3) is 22.5 Å². The second-order valence-corrected chi connectivity index (χ2v) is 9.34. The van der Waals surface area contributed by atoms with Crippen LogP contribution in [0.1, 0.15) is 12.0 Å². The lowest BCUT2D eigenvalue weighted by atomic mass is 9.98. The minimum absolute atomic E-state index is 0.0191. The van der Waals surface area contributed by atoms with Crippen LogP contribution in [0.4, 0.5) is 0 Å². The smallest absolute Gasteiger partial charge is 0.238 e. The first kappa shape index (κ1) is 20.6. The van der Waals surface area contributed by atoms with Gasteiger partial charge in [-0.1, -0.05) is 36.4 Å². The summed E-state index contributed by atoms with van der Waals surface area (Å²) in [6.07, 6.45) is 1.18. The molecule has 1 aromatic heterocycles. The second-order valence-electron chi connectivity index (χ2n) is 7.81. The number of likely N-dealkylation sites (tertiary alicyclic amines) is 1. The molecule has 10 heteroatoms. The van der Waals surface area contributed by atoms with Gasteiger partial charge in [-0.05, 0) is 53.7 Å². The third-order valence-corrected chi connectivity index (χ3v) is 6.52. The fraction of sp³-hybridized carbons (Fsp3) is 0.350. The molecule has 30 heavy (non-hydrogen) atoms. The number of primary sulfonamides is 1. The molecular formula is C20H25N7O2S. The highest BCUT2D eigenvalue weighted by atomic mass is 32.2. The Morgan fingerprint density at radius 1 is 1.20 bits per heavy atom. The summed E-state index contributed by atoms with van der Waals surface area (Å²) in [5, 5.41) is 19.2. The molecule has 9 nitrogen and oxygen atoms in total. The molecular weight excluding hydrogens is 402 g/mol. The summed E-state index contributed by atoms with van der Waals surface area (Å²) in [7, 11) is 0.298. The number of hydrogen-bond acceptors (Lipinski definition) is 7. The Labute approximate surface area is 175 Å². The first-order valence-electron chi connectivity index (χ1n) is 9.71. The van der Waals surface area contributed by atoms with Crippen molar-refractivity contribution in [3.63, 3.8) is 0 Å². The van der Waals surface area contributed by atoms with E-state index in [0.29, 0.717) is 17.2 Å². The molecule has 2 aromatic carbocycles. The molecule has 4 rings (SSSR count). The van der Waals surface area contributed by atoms with Gasteiger partial charge < -0.3 is 4.90 Å². The molecule has 0 aliphatic carbocycles. The van der Waals surface area contributed by atoms with Gasteiger partial charge >= 0.3 is 0 Å². The number of rotatable bonds is 6. The number of nitrogens with zero attached hydrogens (tertiary/aromatic N) is 5. The number of likely N-dealkylation sites (N-methyl/N-ethyl adjacent to an activating group) is 1. The number of H-pyrrole nitrogens is 1. The molecule has 1 atom stereocenters. The second kappa shape index (κ2) is 8.23. The maximum atomic E-state index is 12.1. The van der Waals surface area contributed by atoms with Crippen molar-refractivity contribution < 1.29 is 8.42 Å². The van der Waals surface area contributed by atoms with Crippen LogP contribution in [0.3, 0.4) is 0 Å². The van der Waals surface area contributed by atoms with Gasteiger partial charge in [-0.3, -0.25) is 4.90 Å². The van der Waals surface area contributed by atoms with Gasteiger partial charge in [0, 0.05) is 31.2 Å². The lowest BCUT2D eigenvalue weighted by Gasteiger charge is -2.20. The molecule has 3 aromatic rings. The van der Waals surface area contributed by atoms with E-state index in [0.717, 1.165) is 25.2 Å². The first-order chi connectivity index (χ1) is 14.3. The van der Waals surface area contributed by atoms with E-state index in [9.17, 15) is 8.42 Å². The van der Waals surface area contributed by atoms with Gasteiger partial charge in [-0.25, -0.2) is 18.7 Å². The minimum Gasteiger partial charge on any atom is -0.305 e. The Hall–Kier alpha value is -2.66. The van der Waals surface area contributed by atoms with Gasteiger partial charge in [0.05, 0.1) is 4.90 Å². The molecule has 0 saturated carbocycles. The summed E-state index contributed by atoms with van der Waals surface area (Å²) in [6, 6.07) is 13.7. The minimum atomic E-state index is -3.95. The van der Waals surface area contributed by atoms with Crippen LogP contribution in [-0.2, 0) is 16.6 Å². The number of aromatic amines is 1. The van der Waals surface area contributed by atoms with E-state index < -0.39 is 10.0 Å². The summed E-state index contributed by atoms with van der Waals surface area (Å²) in [5.74, 6) is 0.255. The third kappa shape index (κ3) is 4.26. The van der Waals surface area contributed by atoms with Crippen molar-refractivity contribution in [2.75, 3.05) is 27.2 Å². The maximum absolute atomic E-state index is 12.1. The van der Waals surface area contributed by atoms with E-state index in [-0.39, 0.29) is 10.7 Å². The van der Waals surface area contributed by atoms with Gasteiger partial charge in [-0.15, -0.1) is 5.10 Å². The van der Waals surface area contributed by atoms with Crippen LogP contribution in [0.2, 0.25) is 0 Å². The van der Waals surface area contributed by atoms with Gasteiger partial charge in [0.25, 0.3) is 0 Å². The van der Waals surface area contributed by atoms with E-state index in [1.54, 1.807) is 6.07 Å². The zero-order valence-electron chi connectivity index (χ0n) is 17.0. The summed E-state index contributed by atoms with van der Waals surface area (Å²) >= 11 is 0. The Bertz CT molecular complexity index is 1110. The van der Waals surface area contributed by atoms with E-state index in [2.05, 4.69) is 56.7 Å². The van der Waals surface area contributed by atoms with Crippen LogP contribution in [0.5, 0.6) is 0 Å². The molecule has 0 bridgehead atoms. The van der Waals surface area contributed by atoms with Crippen molar-refractivity contribution in [3.8, 4) is 22.5 Å². The fourth-order valence-corrected chi connectivity index (χ4v) is 4.70. The topological polar surface area (TPSA) is 121 Å². The molecule has 0 unspecified atom stereocenters. The largest absolute Gasteiger partial charge is 0.305 e. The standard InChI is InChI=1S/C20H25N7O2S/c1-26(2)16-10-11-27(13-16)12-14-6-8-15(9-7-14)17-4-3-5-18(30(21,28)29)19(17)20-22-24-25-23-20/h3-9,16H,10-13H2,1-2H3,(H2,21,28,29)(H,22,23,24,25)/t16-/m1/s1. The summed E-state index contributed by atoms with van der Waals surface area (Å²) in [4.78, 5) is 4.71. The number of nitrogens with one attached hydrogen (secondary N) is 1. The molecule has 158 valence electrons. The molecule has 1 fully saturated rings. The van der Waals surface area contributed by atoms with Crippen LogP contribution in [0.15, 0.2) is 47.4 Å². The van der Waals surface area contributed by atoms with Crippen molar-refractivity contribution in [3.05, 3.63) is 48.0 Å². The van der Waals surface area contributed by atoms with Gasteiger partial charge in [0.1, 0.15) is 0 Å². The van der Waals surface area contributed by atoms with Gasteiger partial charge in [0.15, 0.2) is 5.82 Å². The van der Waals surface area contributed by atoms with E-state index >= 15 is 0 Å². The Kier molecular flexibility index (Phi) is 5.65. The Morgan fingerprint density at radius 2 is 1.97 bits per heavy atom. The molecule has 1 aliphatic rings. The molecule has 1 saturated heterocycles. The van der Waals surface area contributed by atoms with Crippen molar-refractivity contribution in [1.82, 2.24) is 30.4 Å². The average Bonchev–Trinajstić information content (AvgIpc) is 3.39. The number of hydrogen-bond donors (Lipinski definition) is 2. The highest BCUT2D eigenvalue weighted by Crippen LogP contribution is 2.35. The van der Waals surface area contributed by atoms with E-state index in [1.807, 2.05) is 18.2 Å². The number of aromatic nitrogens is 4. The van der Waals surface area contributed by atoms with Crippen LogP contribution in [0, 0.1) is 0 Å². The molecule has 0 radical (unpaired) electrons. The predicted octanol–water partition coefficient (Wildman–Crippen LogP) is 1.32. The maximum Gasteiger partial charge on any atom is 0.238 e. The lowest BCUT2D eigenvalue weighted by molar-refractivity contribution is 0.264. The van der Waals surface area contributed by atoms with Crippen LogP contribution >= 0.6 is 0 Å². The van der Waals surface area contributed by atoms with E-state index in [4.69, 9.17) is 5.14 Å². The summed E-state index contributed by atoms with van der Waals surface area (Å²) in [6.45, 7) is 3.04. The average molecular weight is 428 g/mol. The number of benzene rings is 2. The SMILES string of the molecule is CN(C)[C@@H]1CCN(Cc2ccc(-c3cccc(S(N)(=O)=O)c3-c3nnn[nH]3)cc2)C1. The molecule has 0 amide bonds. The quantitative estimate of drug-likeness (QED) is 0.608. The van der Waals surface area contributed by atoms with Crippen LogP contribution in [-0.4, -0.2) is 72.1 Å². The fourth-order valence-electron chi connectivity index (χ4n) is 3.94. The molecule has 3 N–H and O–H groups in total. The zero-order valence-corrected chi connectivity index (χ0v) is 17.8. The summed E-state index contributed by atoms with van der Waals surface area (Å²) < 4.78 is 24.3. The molecule has 1 aliphatic heterocycles. The normalized spacial score (nSPS) is 17.7. The zero-order chi connectivity index (χ0) is 21.3. The summed E-state index contributed by atoms with van der Waals surface area (Å²) in [5.41, 5.74) is 3.14. The molecule has 2 heterocycles. The molecule has 0 spiro atoms. The van der Waals surface area contributed by atoms with Crippen LogP contribution < -0.4 is 5.14 Å². The monoisotopic (exact) mass is 427 g/mol. The van der Waals surface area contributed by atoms with Crippen molar-refractivity contribution in [1.29, 1.82) is 0 Å².